The maximum Gasteiger partial charge on any atom is 0.196 e. The minimum absolute atomic E-state index is 0.0209. The van der Waals surface area contributed by atoms with E-state index in [9.17, 15) is 4.79 Å². The molecule has 4 heteroatoms. The molecular formula is C21H18O4. The Kier molecular flexibility index (Phi) is 5.06. The van der Waals surface area contributed by atoms with Crippen molar-refractivity contribution in [2.75, 3.05) is 19.8 Å². The molecule has 0 aliphatic carbocycles. The average Bonchev–Trinajstić information content (AvgIpc) is 2.64. The van der Waals surface area contributed by atoms with Crippen molar-refractivity contribution in [1.29, 1.82) is 0 Å². The molecule has 126 valence electrons. The summed E-state index contributed by atoms with van der Waals surface area (Å²) in [6, 6.07) is 12.7. The Morgan fingerprint density at radius 1 is 1.20 bits per heavy atom. The molecule has 0 saturated heterocycles. The molecular weight excluding hydrogens is 316 g/mol. The normalized spacial score (nSPS) is 14.4. The van der Waals surface area contributed by atoms with Crippen molar-refractivity contribution in [2.24, 2.45) is 0 Å². The molecule has 0 atom stereocenters. The molecule has 1 heterocycles. The second kappa shape index (κ2) is 7.59. The molecule has 4 nitrogen and oxygen atoms in total. The molecule has 0 N–H and O–H groups in total. The first-order valence-electron chi connectivity index (χ1n) is 8.03. The smallest absolute Gasteiger partial charge is 0.196 e. The highest BCUT2D eigenvalue weighted by Crippen LogP contribution is 2.31. The second-order valence-corrected chi connectivity index (χ2v) is 5.42. The number of ether oxygens (including phenoxy) is 3. The molecule has 1 aliphatic heterocycles. The summed E-state index contributed by atoms with van der Waals surface area (Å²) in [4.78, 5) is 12.6. The van der Waals surface area contributed by atoms with Gasteiger partial charge in [0.2, 0.25) is 0 Å². The molecule has 0 bridgehead atoms. The number of Topliss-reactive ketones (excluding diaryl/α,β-unsaturated/α-hetero) is 1. The highest BCUT2D eigenvalue weighted by Gasteiger charge is 2.22. The van der Waals surface area contributed by atoms with Crippen LogP contribution < -0.4 is 14.2 Å². The Hall–Kier alpha value is -3.19. The predicted molar refractivity (Wildman–Crippen MR) is 96.2 cm³/mol. The number of terminal acetylenes is 1. The number of para-hydroxylation sites is 1. The first-order chi connectivity index (χ1) is 12.2. The Morgan fingerprint density at radius 3 is 2.84 bits per heavy atom. The van der Waals surface area contributed by atoms with Crippen LogP contribution in [0.5, 0.6) is 17.2 Å². The third-order valence-corrected chi connectivity index (χ3v) is 3.73. The van der Waals surface area contributed by atoms with Crippen molar-refractivity contribution in [3.05, 3.63) is 59.2 Å². The van der Waals surface area contributed by atoms with E-state index in [0.717, 1.165) is 5.56 Å². The quantitative estimate of drug-likeness (QED) is 0.617. The minimum Gasteiger partial charge on any atom is -0.490 e. The third-order valence-electron chi connectivity index (χ3n) is 3.73. The van der Waals surface area contributed by atoms with Gasteiger partial charge in [-0.2, -0.15) is 0 Å². The summed E-state index contributed by atoms with van der Waals surface area (Å²) in [6.45, 7) is 2.81. The van der Waals surface area contributed by atoms with Crippen LogP contribution in [0.1, 0.15) is 22.8 Å². The van der Waals surface area contributed by atoms with Gasteiger partial charge in [0, 0.05) is 5.57 Å². The fourth-order valence-electron chi connectivity index (χ4n) is 2.60. The van der Waals surface area contributed by atoms with Gasteiger partial charge < -0.3 is 14.2 Å². The summed E-state index contributed by atoms with van der Waals surface area (Å²) in [5, 5.41) is 0. The highest BCUT2D eigenvalue weighted by atomic mass is 16.5. The van der Waals surface area contributed by atoms with Gasteiger partial charge in [-0.3, -0.25) is 4.79 Å². The van der Waals surface area contributed by atoms with Gasteiger partial charge in [-0.25, -0.2) is 0 Å². The molecule has 2 aromatic rings. The van der Waals surface area contributed by atoms with Crippen molar-refractivity contribution in [2.45, 2.75) is 6.92 Å². The van der Waals surface area contributed by atoms with Crippen LogP contribution in [0.3, 0.4) is 0 Å². The lowest BCUT2D eigenvalue weighted by atomic mass is 9.98. The maximum atomic E-state index is 12.6. The van der Waals surface area contributed by atoms with E-state index in [1.165, 1.54) is 0 Å². The lowest BCUT2D eigenvalue weighted by Gasteiger charge is -2.18. The van der Waals surface area contributed by atoms with Crippen molar-refractivity contribution >= 4 is 11.9 Å². The van der Waals surface area contributed by atoms with Gasteiger partial charge in [0.15, 0.2) is 17.3 Å². The number of hydrogen-bond donors (Lipinski definition) is 0. The lowest BCUT2D eigenvalue weighted by Crippen LogP contribution is -2.18. The van der Waals surface area contributed by atoms with Gasteiger partial charge in [0.05, 0.1) is 12.2 Å². The van der Waals surface area contributed by atoms with E-state index in [0.29, 0.717) is 35.0 Å². The number of carbonyl (C=O) groups excluding carboxylic acids is 1. The number of benzene rings is 2. The van der Waals surface area contributed by atoms with Crippen LogP contribution in [-0.2, 0) is 0 Å². The SMILES string of the molecule is C#CCOc1ccc(C=C2COc3ccccc3C2=O)cc1OCC. The topological polar surface area (TPSA) is 44.8 Å². The van der Waals surface area contributed by atoms with E-state index in [1.54, 1.807) is 18.2 Å². The number of ketones is 1. The zero-order valence-corrected chi connectivity index (χ0v) is 14.0. The molecule has 0 saturated carbocycles. The third kappa shape index (κ3) is 3.67. The van der Waals surface area contributed by atoms with Crippen LogP contribution >= 0.6 is 0 Å². The van der Waals surface area contributed by atoms with Crippen LogP contribution in [-0.4, -0.2) is 25.6 Å². The summed E-state index contributed by atoms with van der Waals surface area (Å²) in [6.07, 6.45) is 7.04. The summed E-state index contributed by atoms with van der Waals surface area (Å²) < 4.78 is 16.8. The van der Waals surface area contributed by atoms with Crippen LogP contribution in [0.15, 0.2) is 48.0 Å². The molecule has 25 heavy (non-hydrogen) atoms. The average molecular weight is 334 g/mol. The highest BCUT2D eigenvalue weighted by molar-refractivity contribution is 6.14. The maximum absolute atomic E-state index is 12.6. The molecule has 0 spiro atoms. The van der Waals surface area contributed by atoms with Crippen LogP contribution in [0.4, 0.5) is 0 Å². The second-order valence-electron chi connectivity index (χ2n) is 5.42. The van der Waals surface area contributed by atoms with E-state index >= 15 is 0 Å². The first kappa shape index (κ1) is 16.7. The Bertz CT molecular complexity index is 858. The Labute approximate surface area is 147 Å². The van der Waals surface area contributed by atoms with E-state index in [4.69, 9.17) is 20.6 Å². The molecule has 0 aromatic heterocycles. The molecule has 1 aliphatic rings. The van der Waals surface area contributed by atoms with E-state index in [-0.39, 0.29) is 19.0 Å². The largest absolute Gasteiger partial charge is 0.490 e. The molecule has 0 fully saturated rings. The zero-order chi connectivity index (χ0) is 17.6. The summed E-state index contributed by atoms with van der Waals surface area (Å²) in [5.74, 6) is 4.21. The number of carbonyl (C=O) groups is 1. The molecule has 0 radical (unpaired) electrons. The van der Waals surface area contributed by atoms with E-state index < -0.39 is 0 Å². The van der Waals surface area contributed by atoms with Gasteiger partial charge in [-0.15, -0.1) is 6.42 Å². The molecule has 0 amide bonds. The van der Waals surface area contributed by atoms with Crippen molar-refractivity contribution in [3.8, 4) is 29.6 Å². The Morgan fingerprint density at radius 2 is 2.04 bits per heavy atom. The van der Waals surface area contributed by atoms with Crippen molar-refractivity contribution in [1.82, 2.24) is 0 Å². The van der Waals surface area contributed by atoms with Gasteiger partial charge in [0.1, 0.15) is 19.0 Å². The van der Waals surface area contributed by atoms with Crippen molar-refractivity contribution in [3.63, 3.8) is 0 Å². The zero-order valence-electron chi connectivity index (χ0n) is 14.0. The summed E-state index contributed by atoms with van der Waals surface area (Å²) >= 11 is 0. The molecule has 2 aromatic carbocycles. The fraction of sp³-hybridized carbons (Fsp3) is 0.190. The Balaban J connectivity index is 1.90. The van der Waals surface area contributed by atoms with Crippen LogP contribution in [0.2, 0.25) is 0 Å². The standard InChI is InChI=1S/C21H18O4/c1-3-11-24-19-10-9-15(13-20(19)23-4-2)12-16-14-25-18-8-6-5-7-17(18)21(16)22/h1,5-10,12-13H,4,11,14H2,2H3. The van der Waals surface area contributed by atoms with Crippen LogP contribution in [0.25, 0.3) is 6.08 Å². The predicted octanol–water partition coefficient (Wildman–Crippen LogP) is 3.76. The summed E-state index contributed by atoms with van der Waals surface area (Å²) in [7, 11) is 0. The number of hydrogen-bond acceptors (Lipinski definition) is 4. The lowest BCUT2D eigenvalue weighted by molar-refractivity contribution is 0.100. The van der Waals surface area contributed by atoms with E-state index in [1.807, 2.05) is 37.3 Å². The molecule has 0 unspecified atom stereocenters. The van der Waals surface area contributed by atoms with Gasteiger partial charge in [-0.1, -0.05) is 24.1 Å². The number of fused-ring (bicyclic) bond motifs is 1. The minimum atomic E-state index is -0.0209. The number of rotatable bonds is 5. The monoisotopic (exact) mass is 334 g/mol. The first-order valence-corrected chi connectivity index (χ1v) is 8.03. The fourth-order valence-corrected chi connectivity index (χ4v) is 2.60. The van der Waals surface area contributed by atoms with Gasteiger partial charge in [0.25, 0.3) is 0 Å². The molecule has 3 rings (SSSR count). The van der Waals surface area contributed by atoms with Gasteiger partial charge >= 0.3 is 0 Å². The van der Waals surface area contributed by atoms with Crippen LogP contribution in [0, 0.1) is 12.3 Å². The van der Waals surface area contributed by atoms with Gasteiger partial charge in [-0.05, 0) is 42.8 Å². The summed E-state index contributed by atoms with van der Waals surface area (Å²) in [5.41, 5.74) is 2.01. The van der Waals surface area contributed by atoms with Crippen molar-refractivity contribution < 1.29 is 19.0 Å². The van der Waals surface area contributed by atoms with E-state index in [2.05, 4.69) is 5.92 Å².